The van der Waals surface area contributed by atoms with Gasteiger partial charge in [0.15, 0.2) is 0 Å². The van der Waals surface area contributed by atoms with Crippen LogP contribution in [-0.2, 0) is 29.2 Å². The number of hydrogen-bond acceptors (Lipinski definition) is 2. The van der Waals surface area contributed by atoms with Gasteiger partial charge in [0.05, 0.1) is 13.2 Å². The summed E-state index contributed by atoms with van der Waals surface area (Å²) in [7, 11) is 0. The Bertz CT molecular complexity index is 491. The van der Waals surface area contributed by atoms with Crippen molar-refractivity contribution in [3.05, 3.63) is 71.3 Å². The van der Waals surface area contributed by atoms with Gasteiger partial charge in [0.2, 0.25) is 0 Å². The molecular formula is C16H16O2. The fraction of sp³-hybridized carbons (Fsp3) is 0.188. The van der Waals surface area contributed by atoms with Crippen molar-refractivity contribution in [1.29, 1.82) is 0 Å². The standard InChI is InChI=1S/C16H16O2/c17-10-9-14-7-4-8-16(11-14)13-18-12-15-5-2-1-3-6-15/h1-8,10-11H,9,12-13H2. The highest BCUT2D eigenvalue weighted by atomic mass is 16.5. The van der Waals surface area contributed by atoms with Crippen LogP contribution in [0, 0.1) is 0 Å². The largest absolute Gasteiger partial charge is 0.372 e. The lowest BCUT2D eigenvalue weighted by atomic mass is 10.1. The molecule has 18 heavy (non-hydrogen) atoms. The molecule has 0 saturated heterocycles. The van der Waals surface area contributed by atoms with E-state index in [0.717, 1.165) is 17.4 Å². The molecule has 0 saturated carbocycles. The molecule has 0 aliphatic heterocycles. The van der Waals surface area contributed by atoms with Crippen molar-refractivity contribution >= 4 is 6.29 Å². The highest BCUT2D eigenvalue weighted by Gasteiger charge is 1.97. The third-order valence-electron chi connectivity index (χ3n) is 2.69. The first-order chi connectivity index (χ1) is 8.88. The van der Waals surface area contributed by atoms with Crippen LogP contribution in [0.1, 0.15) is 16.7 Å². The Hall–Kier alpha value is -1.93. The summed E-state index contributed by atoms with van der Waals surface area (Å²) in [5.74, 6) is 0. The van der Waals surface area contributed by atoms with Gasteiger partial charge >= 0.3 is 0 Å². The number of rotatable bonds is 6. The van der Waals surface area contributed by atoms with Crippen LogP contribution >= 0.6 is 0 Å². The summed E-state index contributed by atoms with van der Waals surface area (Å²) in [5.41, 5.74) is 3.30. The molecule has 0 fully saturated rings. The molecular weight excluding hydrogens is 224 g/mol. The van der Waals surface area contributed by atoms with Gasteiger partial charge in [0, 0.05) is 6.42 Å². The average Bonchev–Trinajstić information content (AvgIpc) is 2.41. The summed E-state index contributed by atoms with van der Waals surface area (Å²) in [6, 6.07) is 18.0. The second-order valence-corrected chi connectivity index (χ2v) is 4.17. The Labute approximate surface area is 107 Å². The summed E-state index contributed by atoms with van der Waals surface area (Å²) in [6.07, 6.45) is 1.39. The fourth-order valence-corrected chi connectivity index (χ4v) is 1.80. The van der Waals surface area contributed by atoms with Crippen LogP contribution in [0.4, 0.5) is 0 Å². The van der Waals surface area contributed by atoms with Crippen LogP contribution in [0.3, 0.4) is 0 Å². The van der Waals surface area contributed by atoms with Crippen LogP contribution in [0.15, 0.2) is 54.6 Å². The molecule has 0 amide bonds. The van der Waals surface area contributed by atoms with Gasteiger partial charge in [-0.15, -0.1) is 0 Å². The molecule has 0 aromatic heterocycles. The highest BCUT2D eigenvalue weighted by molar-refractivity contribution is 5.55. The average molecular weight is 240 g/mol. The Morgan fingerprint density at radius 3 is 2.28 bits per heavy atom. The van der Waals surface area contributed by atoms with Crippen LogP contribution in [0.2, 0.25) is 0 Å². The predicted molar refractivity (Wildman–Crippen MR) is 71.1 cm³/mol. The van der Waals surface area contributed by atoms with Crippen LogP contribution in [-0.4, -0.2) is 6.29 Å². The second-order valence-electron chi connectivity index (χ2n) is 4.17. The van der Waals surface area contributed by atoms with Crippen LogP contribution in [0.25, 0.3) is 0 Å². The van der Waals surface area contributed by atoms with Gasteiger partial charge in [0.25, 0.3) is 0 Å². The smallest absolute Gasteiger partial charge is 0.124 e. The molecule has 2 heteroatoms. The summed E-state index contributed by atoms with van der Waals surface area (Å²) in [4.78, 5) is 10.5. The summed E-state index contributed by atoms with van der Waals surface area (Å²) in [5, 5.41) is 0. The Kier molecular flexibility index (Phi) is 4.68. The number of carbonyl (C=O) groups is 1. The number of aldehydes is 1. The van der Waals surface area contributed by atoms with Gasteiger partial charge in [-0.2, -0.15) is 0 Å². The molecule has 0 unspecified atom stereocenters. The molecule has 92 valence electrons. The Balaban J connectivity index is 1.86. The lowest BCUT2D eigenvalue weighted by Gasteiger charge is -2.05. The van der Waals surface area contributed by atoms with Gasteiger partial charge in [-0.1, -0.05) is 54.6 Å². The van der Waals surface area contributed by atoms with E-state index in [-0.39, 0.29) is 0 Å². The van der Waals surface area contributed by atoms with Crippen LogP contribution in [0.5, 0.6) is 0 Å². The van der Waals surface area contributed by atoms with Gasteiger partial charge < -0.3 is 9.53 Å². The minimum absolute atomic E-state index is 0.465. The monoisotopic (exact) mass is 240 g/mol. The quantitative estimate of drug-likeness (QED) is 0.725. The van der Waals surface area contributed by atoms with E-state index in [9.17, 15) is 4.79 Å². The van der Waals surface area contributed by atoms with Crippen molar-refractivity contribution < 1.29 is 9.53 Å². The summed E-state index contributed by atoms with van der Waals surface area (Å²) in [6.45, 7) is 1.18. The van der Waals surface area contributed by atoms with Gasteiger partial charge in [-0.25, -0.2) is 0 Å². The fourth-order valence-electron chi connectivity index (χ4n) is 1.80. The van der Waals surface area contributed by atoms with Crippen molar-refractivity contribution in [3.63, 3.8) is 0 Å². The summed E-state index contributed by atoms with van der Waals surface area (Å²) >= 11 is 0. The van der Waals surface area contributed by atoms with E-state index in [2.05, 4.69) is 0 Å². The van der Waals surface area contributed by atoms with E-state index in [1.165, 1.54) is 5.56 Å². The highest BCUT2D eigenvalue weighted by Crippen LogP contribution is 2.08. The lowest BCUT2D eigenvalue weighted by molar-refractivity contribution is -0.107. The van der Waals surface area contributed by atoms with E-state index < -0.39 is 0 Å². The minimum atomic E-state index is 0.465. The molecule has 0 bridgehead atoms. The molecule has 0 aliphatic rings. The van der Waals surface area contributed by atoms with Crippen molar-refractivity contribution in [2.45, 2.75) is 19.6 Å². The first kappa shape index (κ1) is 12.5. The first-order valence-electron chi connectivity index (χ1n) is 6.01. The normalized spacial score (nSPS) is 10.2. The predicted octanol–water partition coefficient (Wildman–Crippen LogP) is 3.14. The maximum Gasteiger partial charge on any atom is 0.124 e. The Morgan fingerprint density at radius 1 is 0.833 bits per heavy atom. The zero-order chi connectivity index (χ0) is 12.6. The topological polar surface area (TPSA) is 26.3 Å². The summed E-state index contributed by atoms with van der Waals surface area (Å²) < 4.78 is 5.65. The maximum atomic E-state index is 10.5. The van der Waals surface area contributed by atoms with Crippen molar-refractivity contribution in [3.8, 4) is 0 Å². The van der Waals surface area contributed by atoms with E-state index in [0.29, 0.717) is 19.6 Å². The molecule has 2 rings (SSSR count). The van der Waals surface area contributed by atoms with Crippen molar-refractivity contribution in [2.75, 3.05) is 0 Å². The molecule has 0 heterocycles. The number of hydrogen-bond donors (Lipinski definition) is 0. The molecule has 2 aromatic rings. The SMILES string of the molecule is O=CCc1cccc(COCc2ccccc2)c1. The number of carbonyl (C=O) groups excluding carboxylic acids is 1. The number of benzene rings is 2. The molecule has 0 atom stereocenters. The third kappa shape index (κ3) is 3.82. The molecule has 2 nitrogen and oxygen atoms in total. The molecule has 0 aliphatic carbocycles. The van der Waals surface area contributed by atoms with E-state index in [1.54, 1.807) is 0 Å². The zero-order valence-electron chi connectivity index (χ0n) is 10.2. The molecule has 0 spiro atoms. The Morgan fingerprint density at radius 2 is 1.50 bits per heavy atom. The number of ether oxygens (including phenoxy) is 1. The first-order valence-corrected chi connectivity index (χ1v) is 6.01. The lowest BCUT2D eigenvalue weighted by Crippen LogP contribution is -1.95. The maximum absolute atomic E-state index is 10.5. The molecule has 0 radical (unpaired) electrons. The van der Waals surface area contributed by atoms with Gasteiger partial charge in [0.1, 0.15) is 6.29 Å². The van der Waals surface area contributed by atoms with Gasteiger partial charge in [-0.05, 0) is 16.7 Å². The minimum Gasteiger partial charge on any atom is -0.372 e. The van der Waals surface area contributed by atoms with Gasteiger partial charge in [-0.3, -0.25) is 0 Å². The third-order valence-corrected chi connectivity index (χ3v) is 2.69. The molecule has 2 aromatic carbocycles. The zero-order valence-corrected chi connectivity index (χ0v) is 10.2. The molecule has 0 N–H and O–H groups in total. The van der Waals surface area contributed by atoms with Crippen molar-refractivity contribution in [1.82, 2.24) is 0 Å². The van der Waals surface area contributed by atoms with E-state index in [4.69, 9.17) is 4.74 Å². The van der Waals surface area contributed by atoms with Crippen LogP contribution < -0.4 is 0 Å². The van der Waals surface area contributed by atoms with E-state index >= 15 is 0 Å². The second kappa shape index (κ2) is 6.72. The van der Waals surface area contributed by atoms with E-state index in [1.807, 2.05) is 54.6 Å². The van der Waals surface area contributed by atoms with Crippen molar-refractivity contribution in [2.24, 2.45) is 0 Å².